The van der Waals surface area contributed by atoms with Gasteiger partial charge in [0.15, 0.2) is 0 Å². The van der Waals surface area contributed by atoms with Gasteiger partial charge in [0.2, 0.25) is 0 Å². The molecule has 1 aromatic carbocycles. The topological polar surface area (TPSA) is 72.0 Å². The molecule has 0 aliphatic rings. The van der Waals surface area contributed by atoms with Crippen LogP contribution in [0.4, 0.5) is 5.69 Å². The van der Waals surface area contributed by atoms with E-state index < -0.39 is 0 Å². The fraction of sp³-hybridized carbons (Fsp3) is 0. The monoisotopic (exact) mass is 227 g/mol. The van der Waals surface area contributed by atoms with Crippen LogP contribution < -0.4 is 5.32 Å². The van der Waals surface area contributed by atoms with Gasteiger partial charge in [-0.05, 0) is 12.1 Å². The summed E-state index contributed by atoms with van der Waals surface area (Å²) in [7, 11) is 0. The van der Waals surface area contributed by atoms with Gasteiger partial charge in [-0.3, -0.25) is 9.59 Å². The highest BCUT2D eigenvalue weighted by atomic mass is 16.1. The van der Waals surface area contributed by atoms with Crippen molar-refractivity contribution < 1.29 is 9.59 Å². The summed E-state index contributed by atoms with van der Waals surface area (Å²) >= 11 is 0. The van der Waals surface area contributed by atoms with E-state index in [-0.39, 0.29) is 5.91 Å². The fourth-order valence-electron chi connectivity index (χ4n) is 1.31. The molecule has 17 heavy (non-hydrogen) atoms. The third-order valence-electron chi connectivity index (χ3n) is 2.10. The molecular formula is C12H9N3O2. The number of nitrogens with zero attached hydrogens (tertiary/aromatic N) is 2. The van der Waals surface area contributed by atoms with Gasteiger partial charge in [-0.15, -0.1) is 0 Å². The lowest BCUT2D eigenvalue weighted by molar-refractivity contribution is 0.102. The zero-order valence-electron chi connectivity index (χ0n) is 8.83. The SMILES string of the molecule is O=Cc1cccc(NC(=O)c2cncnc2)c1. The van der Waals surface area contributed by atoms with Gasteiger partial charge in [-0.25, -0.2) is 9.97 Å². The maximum atomic E-state index is 11.7. The number of aldehydes is 1. The molecule has 0 unspecified atom stereocenters. The lowest BCUT2D eigenvalue weighted by atomic mass is 10.2. The summed E-state index contributed by atoms with van der Waals surface area (Å²) in [6.45, 7) is 0. The Balaban J connectivity index is 2.16. The largest absolute Gasteiger partial charge is 0.322 e. The van der Waals surface area contributed by atoms with E-state index in [9.17, 15) is 9.59 Å². The van der Waals surface area contributed by atoms with Gasteiger partial charge in [-0.2, -0.15) is 0 Å². The van der Waals surface area contributed by atoms with Crippen molar-refractivity contribution in [1.29, 1.82) is 0 Å². The van der Waals surface area contributed by atoms with Gasteiger partial charge in [0.25, 0.3) is 5.91 Å². The van der Waals surface area contributed by atoms with E-state index in [0.29, 0.717) is 16.8 Å². The van der Waals surface area contributed by atoms with Crippen LogP contribution in [0, 0.1) is 0 Å². The van der Waals surface area contributed by atoms with E-state index in [0.717, 1.165) is 6.29 Å². The van der Waals surface area contributed by atoms with Crippen LogP contribution in [0.3, 0.4) is 0 Å². The molecule has 0 saturated heterocycles. The molecule has 0 radical (unpaired) electrons. The number of anilines is 1. The molecule has 84 valence electrons. The molecule has 0 aliphatic heterocycles. The van der Waals surface area contributed by atoms with Crippen LogP contribution in [-0.2, 0) is 0 Å². The van der Waals surface area contributed by atoms with Crippen LogP contribution in [0.5, 0.6) is 0 Å². The first kappa shape index (κ1) is 10.9. The molecule has 5 heteroatoms. The van der Waals surface area contributed by atoms with Crippen LogP contribution in [0.25, 0.3) is 0 Å². The second-order valence-electron chi connectivity index (χ2n) is 3.32. The summed E-state index contributed by atoms with van der Waals surface area (Å²) in [6.07, 6.45) is 4.92. The van der Waals surface area contributed by atoms with Gasteiger partial charge in [-0.1, -0.05) is 12.1 Å². The number of carbonyl (C=O) groups is 2. The summed E-state index contributed by atoms with van der Waals surface area (Å²) in [4.78, 5) is 29.8. The molecule has 0 atom stereocenters. The van der Waals surface area contributed by atoms with Crippen molar-refractivity contribution >= 4 is 17.9 Å². The predicted octanol–water partition coefficient (Wildman–Crippen LogP) is 1.54. The number of amides is 1. The van der Waals surface area contributed by atoms with Crippen LogP contribution in [-0.4, -0.2) is 22.2 Å². The Hall–Kier alpha value is -2.56. The Morgan fingerprint density at radius 3 is 2.71 bits per heavy atom. The highest BCUT2D eigenvalue weighted by Crippen LogP contribution is 2.10. The molecule has 1 amide bonds. The molecule has 5 nitrogen and oxygen atoms in total. The first-order valence-electron chi connectivity index (χ1n) is 4.91. The van der Waals surface area contributed by atoms with Crippen molar-refractivity contribution in [2.24, 2.45) is 0 Å². The highest BCUT2D eigenvalue weighted by Gasteiger charge is 2.06. The Morgan fingerprint density at radius 2 is 2.00 bits per heavy atom. The molecule has 0 saturated carbocycles. The van der Waals surface area contributed by atoms with Crippen LogP contribution in [0.1, 0.15) is 20.7 Å². The first-order chi connectivity index (χ1) is 8.29. The number of benzene rings is 1. The third-order valence-corrected chi connectivity index (χ3v) is 2.10. The Labute approximate surface area is 97.5 Å². The fourth-order valence-corrected chi connectivity index (χ4v) is 1.31. The average molecular weight is 227 g/mol. The molecule has 0 bridgehead atoms. The molecular weight excluding hydrogens is 218 g/mol. The lowest BCUT2D eigenvalue weighted by Crippen LogP contribution is -2.12. The quantitative estimate of drug-likeness (QED) is 0.807. The van der Waals surface area contributed by atoms with Crippen LogP contribution in [0.15, 0.2) is 43.0 Å². The van der Waals surface area contributed by atoms with Crippen molar-refractivity contribution in [3.63, 3.8) is 0 Å². The summed E-state index contributed by atoms with van der Waals surface area (Å²) in [5.74, 6) is -0.311. The van der Waals surface area contributed by atoms with Crippen molar-refractivity contribution in [3.8, 4) is 0 Å². The van der Waals surface area contributed by atoms with E-state index >= 15 is 0 Å². The number of hydrogen-bond acceptors (Lipinski definition) is 4. The lowest BCUT2D eigenvalue weighted by Gasteiger charge is -2.04. The minimum Gasteiger partial charge on any atom is -0.322 e. The molecule has 0 aliphatic carbocycles. The molecule has 1 N–H and O–H groups in total. The maximum absolute atomic E-state index is 11.7. The Morgan fingerprint density at radius 1 is 1.24 bits per heavy atom. The van der Waals surface area contributed by atoms with Gasteiger partial charge in [0.05, 0.1) is 5.56 Å². The van der Waals surface area contributed by atoms with Crippen LogP contribution >= 0.6 is 0 Å². The van der Waals surface area contributed by atoms with E-state index in [1.807, 2.05) is 0 Å². The van der Waals surface area contributed by atoms with Crippen LogP contribution in [0.2, 0.25) is 0 Å². The van der Waals surface area contributed by atoms with Gasteiger partial charge in [0.1, 0.15) is 12.6 Å². The summed E-state index contributed by atoms with van der Waals surface area (Å²) < 4.78 is 0. The number of aromatic nitrogens is 2. The molecule has 0 spiro atoms. The number of carbonyl (C=O) groups excluding carboxylic acids is 2. The molecule has 2 aromatic rings. The van der Waals surface area contributed by atoms with Gasteiger partial charge in [0, 0.05) is 23.6 Å². The van der Waals surface area contributed by atoms with Crippen molar-refractivity contribution in [3.05, 3.63) is 54.1 Å². The van der Waals surface area contributed by atoms with Gasteiger partial charge >= 0.3 is 0 Å². The summed E-state index contributed by atoms with van der Waals surface area (Å²) in [6, 6.07) is 6.65. The van der Waals surface area contributed by atoms with E-state index in [1.165, 1.54) is 18.7 Å². The Bertz CT molecular complexity index is 540. The number of hydrogen-bond donors (Lipinski definition) is 1. The zero-order valence-corrected chi connectivity index (χ0v) is 8.83. The van der Waals surface area contributed by atoms with E-state index in [1.54, 1.807) is 24.3 Å². The number of nitrogens with one attached hydrogen (secondary N) is 1. The Kier molecular flexibility index (Phi) is 3.20. The summed E-state index contributed by atoms with van der Waals surface area (Å²) in [5.41, 5.74) is 1.43. The van der Waals surface area contributed by atoms with Crippen molar-refractivity contribution in [2.45, 2.75) is 0 Å². The minimum atomic E-state index is -0.311. The second-order valence-corrected chi connectivity index (χ2v) is 3.32. The minimum absolute atomic E-state index is 0.311. The molecule has 1 aromatic heterocycles. The smallest absolute Gasteiger partial charge is 0.258 e. The first-order valence-corrected chi connectivity index (χ1v) is 4.91. The highest BCUT2D eigenvalue weighted by molar-refractivity contribution is 6.04. The van der Waals surface area contributed by atoms with Crippen molar-refractivity contribution in [1.82, 2.24) is 9.97 Å². The second kappa shape index (κ2) is 4.98. The standard InChI is InChI=1S/C12H9N3O2/c16-7-9-2-1-3-11(4-9)15-12(17)10-5-13-8-14-6-10/h1-8H,(H,15,17). The summed E-state index contributed by atoms with van der Waals surface area (Å²) in [5, 5.41) is 2.66. The predicted molar refractivity (Wildman–Crippen MR) is 61.8 cm³/mol. The molecule has 1 heterocycles. The van der Waals surface area contributed by atoms with E-state index in [4.69, 9.17) is 0 Å². The molecule has 0 fully saturated rings. The molecule has 2 rings (SSSR count). The van der Waals surface area contributed by atoms with Gasteiger partial charge < -0.3 is 5.32 Å². The van der Waals surface area contributed by atoms with E-state index in [2.05, 4.69) is 15.3 Å². The maximum Gasteiger partial charge on any atom is 0.258 e. The normalized spacial score (nSPS) is 9.65. The average Bonchev–Trinajstić information content (AvgIpc) is 2.40. The number of rotatable bonds is 3. The third kappa shape index (κ3) is 2.72. The zero-order chi connectivity index (χ0) is 12.1. The van der Waals surface area contributed by atoms with Crippen molar-refractivity contribution in [2.75, 3.05) is 5.32 Å².